The van der Waals surface area contributed by atoms with E-state index in [1.807, 2.05) is 6.92 Å². The lowest BCUT2D eigenvalue weighted by molar-refractivity contribution is -0.140. The molecular weight excluding hydrogens is 306 g/mol. The third-order valence-corrected chi connectivity index (χ3v) is 4.79. The Morgan fingerprint density at radius 3 is 2.42 bits per heavy atom. The number of nitrogens with one attached hydrogen (secondary N) is 1. The smallest absolute Gasteiger partial charge is 0.305 e. The number of carboxylic acid groups (broad SMARTS) is 1. The van der Waals surface area contributed by atoms with E-state index in [-0.39, 0.29) is 18.2 Å². The minimum absolute atomic E-state index is 0.0539. The summed E-state index contributed by atoms with van der Waals surface area (Å²) in [4.78, 5) is 23.6. The summed E-state index contributed by atoms with van der Waals surface area (Å²) in [6.45, 7) is 5.11. The second-order valence-electron chi connectivity index (χ2n) is 6.71. The van der Waals surface area contributed by atoms with E-state index in [2.05, 4.69) is 36.5 Å². The molecule has 1 aromatic carbocycles. The van der Waals surface area contributed by atoms with Crippen LogP contribution in [0.25, 0.3) is 0 Å². The topological polar surface area (TPSA) is 75.6 Å². The second kappa shape index (κ2) is 8.29. The zero-order valence-corrected chi connectivity index (χ0v) is 14.5. The maximum Gasteiger partial charge on any atom is 0.305 e. The van der Waals surface area contributed by atoms with Gasteiger partial charge in [0.25, 0.3) is 0 Å². The molecule has 132 valence electrons. The molecular formula is C19H27NO4. The molecule has 5 nitrogen and oxygen atoms in total. The van der Waals surface area contributed by atoms with Crippen molar-refractivity contribution < 1.29 is 19.4 Å². The molecule has 0 bridgehead atoms. The molecule has 1 aliphatic heterocycles. The van der Waals surface area contributed by atoms with E-state index in [0.29, 0.717) is 32.5 Å². The maximum atomic E-state index is 12.5. The first-order valence-corrected chi connectivity index (χ1v) is 8.63. The molecule has 0 aromatic heterocycles. The first-order valence-electron chi connectivity index (χ1n) is 8.63. The van der Waals surface area contributed by atoms with E-state index in [1.165, 1.54) is 5.56 Å². The van der Waals surface area contributed by atoms with Gasteiger partial charge in [0.15, 0.2) is 0 Å². The summed E-state index contributed by atoms with van der Waals surface area (Å²) in [6.07, 6.45) is 2.39. The molecule has 1 fully saturated rings. The van der Waals surface area contributed by atoms with Crippen LogP contribution in [0.15, 0.2) is 24.3 Å². The Kier molecular flexibility index (Phi) is 6.37. The highest BCUT2D eigenvalue weighted by atomic mass is 16.5. The average molecular weight is 333 g/mol. The molecule has 5 heteroatoms. The Labute approximate surface area is 143 Å². The number of benzene rings is 1. The van der Waals surface area contributed by atoms with Gasteiger partial charge in [0.1, 0.15) is 0 Å². The standard InChI is InChI=1S/C19H27NO4/c1-3-15-4-6-16(7-5-15)14(2)12-17(21)20-19(13-18(22)23)8-10-24-11-9-19/h4-7,14H,3,8-13H2,1-2H3,(H,20,21)(H,22,23). The van der Waals surface area contributed by atoms with E-state index in [9.17, 15) is 9.59 Å². The summed E-state index contributed by atoms with van der Waals surface area (Å²) in [7, 11) is 0. The largest absolute Gasteiger partial charge is 0.481 e. The lowest BCUT2D eigenvalue weighted by atomic mass is 9.86. The molecule has 2 N–H and O–H groups in total. The lowest BCUT2D eigenvalue weighted by Gasteiger charge is -2.37. The van der Waals surface area contributed by atoms with Crippen molar-refractivity contribution in [3.63, 3.8) is 0 Å². The second-order valence-corrected chi connectivity index (χ2v) is 6.71. The van der Waals surface area contributed by atoms with Crippen LogP contribution in [-0.4, -0.2) is 35.7 Å². The molecule has 2 rings (SSSR count). The van der Waals surface area contributed by atoms with E-state index >= 15 is 0 Å². The number of hydrogen-bond acceptors (Lipinski definition) is 3. The quantitative estimate of drug-likeness (QED) is 0.804. The van der Waals surface area contributed by atoms with E-state index in [4.69, 9.17) is 9.84 Å². The van der Waals surface area contributed by atoms with E-state index in [0.717, 1.165) is 12.0 Å². The van der Waals surface area contributed by atoms with Gasteiger partial charge in [-0.3, -0.25) is 9.59 Å². The summed E-state index contributed by atoms with van der Waals surface area (Å²) < 4.78 is 5.32. The number of carbonyl (C=O) groups excluding carboxylic acids is 1. The van der Waals surface area contributed by atoms with Crippen LogP contribution in [0.2, 0.25) is 0 Å². The van der Waals surface area contributed by atoms with E-state index < -0.39 is 11.5 Å². The third kappa shape index (κ3) is 5.06. The van der Waals surface area contributed by atoms with Gasteiger partial charge < -0.3 is 15.2 Å². The van der Waals surface area contributed by atoms with Crippen LogP contribution in [0.3, 0.4) is 0 Å². The molecule has 0 radical (unpaired) electrons. The number of aliphatic carboxylic acids is 1. The fourth-order valence-electron chi connectivity index (χ4n) is 3.22. The first-order chi connectivity index (χ1) is 11.4. The van der Waals surface area contributed by atoms with Gasteiger partial charge in [0, 0.05) is 19.6 Å². The number of ether oxygens (including phenoxy) is 1. The van der Waals surface area contributed by atoms with Gasteiger partial charge in [0.05, 0.1) is 12.0 Å². The van der Waals surface area contributed by atoms with Gasteiger partial charge in [-0.15, -0.1) is 0 Å². The van der Waals surface area contributed by atoms with Crippen LogP contribution in [0.4, 0.5) is 0 Å². The molecule has 1 saturated heterocycles. The van der Waals surface area contributed by atoms with Crippen LogP contribution in [0.1, 0.15) is 56.6 Å². The first kappa shape index (κ1) is 18.5. The Morgan fingerprint density at radius 1 is 1.25 bits per heavy atom. The SMILES string of the molecule is CCc1ccc(C(C)CC(=O)NC2(CC(=O)O)CCOCC2)cc1. The highest BCUT2D eigenvalue weighted by molar-refractivity contribution is 5.79. The number of carbonyl (C=O) groups is 2. The normalized spacial score (nSPS) is 17.9. The Morgan fingerprint density at radius 2 is 1.88 bits per heavy atom. The summed E-state index contributed by atoms with van der Waals surface area (Å²) in [5.41, 5.74) is 1.73. The number of aryl methyl sites for hydroxylation is 1. The van der Waals surface area contributed by atoms with Gasteiger partial charge >= 0.3 is 5.97 Å². The van der Waals surface area contributed by atoms with Gasteiger partial charge in [-0.2, -0.15) is 0 Å². The number of hydrogen-bond donors (Lipinski definition) is 2. The van der Waals surface area contributed by atoms with Crippen LogP contribution < -0.4 is 5.32 Å². The zero-order chi connectivity index (χ0) is 17.6. The molecule has 24 heavy (non-hydrogen) atoms. The molecule has 1 aromatic rings. The van der Waals surface area contributed by atoms with Gasteiger partial charge in [-0.1, -0.05) is 38.1 Å². The minimum Gasteiger partial charge on any atom is -0.481 e. The Hall–Kier alpha value is -1.88. The third-order valence-electron chi connectivity index (χ3n) is 4.79. The molecule has 1 atom stereocenters. The highest BCUT2D eigenvalue weighted by Crippen LogP contribution is 2.26. The van der Waals surface area contributed by atoms with Crippen LogP contribution in [-0.2, 0) is 20.7 Å². The molecule has 0 spiro atoms. The predicted octanol–water partition coefficient (Wildman–Crippen LogP) is 2.88. The van der Waals surface area contributed by atoms with Crippen molar-refractivity contribution in [2.24, 2.45) is 0 Å². The minimum atomic E-state index is -0.889. The Balaban J connectivity index is 1.97. The van der Waals surface area contributed by atoms with Crippen molar-refractivity contribution in [2.45, 2.75) is 57.4 Å². The Bertz CT molecular complexity index is 561. The van der Waals surface area contributed by atoms with Crippen LogP contribution in [0, 0.1) is 0 Å². The van der Waals surface area contributed by atoms with Crippen molar-refractivity contribution >= 4 is 11.9 Å². The number of carboxylic acids is 1. The fraction of sp³-hybridized carbons (Fsp3) is 0.579. The number of rotatable bonds is 7. The molecule has 0 aliphatic carbocycles. The lowest BCUT2D eigenvalue weighted by Crippen LogP contribution is -2.53. The van der Waals surface area contributed by atoms with Gasteiger partial charge in [-0.05, 0) is 36.3 Å². The highest BCUT2D eigenvalue weighted by Gasteiger charge is 2.36. The van der Waals surface area contributed by atoms with Crippen molar-refractivity contribution in [3.05, 3.63) is 35.4 Å². The molecule has 1 aliphatic rings. The molecule has 0 saturated carbocycles. The fourth-order valence-corrected chi connectivity index (χ4v) is 3.22. The average Bonchev–Trinajstić information content (AvgIpc) is 2.54. The van der Waals surface area contributed by atoms with Crippen molar-refractivity contribution in [1.29, 1.82) is 0 Å². The summed E-state index contributed by atoms with van der Waals surface area (Å²) >= 11 is 0. The van der Waals surface area contributed by atoms with Gasteiger partial charge in [-0.25, -0.2) is 0 Å². The maximum absolute atomic E-state index is 12.5. The van der Waals surface area contributed by atoms with Crippen molar-refractivity contribution in [3.8, 4) is 0 Å². The molecule has 1 amide bonds. The van der Waals surface area contributed by atoms with E-state index in [1.54, 1.807) is 0 Å². The molecule has 1 heterocycles. The van der Waals surface area contributed by atoms with Crippen LogP contribution in [0.5, 0.6) is 0 Å². The van der Waals surface area contributed by atoms with Crippen molar-refractivity contribution in [2.75, 3.05) is 13.2 Å². The number of amides is 1. The predicted molar refractivity (Wildman–Crippen MR) is 92.0 cm³/mol. The molecule has 1 unspecified atom stereocenters. The monoisotopic (exact) mass is 333 g/mol. The summed E-state index contributed by atoms with van der Waals surface area (Å²) in [5, 5.41) is 12.1. The van der Waals surface area contributed by atoms with Gasteiger partial charge in [0.2, 0.25) is 5.91 Å². The van der Waals surface area contributed by atoms with Crippen LogP contribution >= 0.6 is 0 Å². The zero-order valence-electron chi connectivity index (χ0n) is 14.5. The van der Waals surface area contributed by atoms with Crippen molar-refractivity contribution in [1.82, 2.24) is 5.32 Å². The summed E-state index contributed by atoms with van der Waals surface area (Å²) in [6, 6.07) is 8.32. The summed E-state index contributed by atoms with van der Waals surface area (Å²) in [5.74, 6) is -0.886.